The Morgan fingerprint density at radius 1 is 1.21 bits per heavy atom. The highest BCUT2D eigenvalue weighted by atomic mass is 35.5. The first-order chi connectivity index (χ1) is 11.4. The van der Waals surface area contributed by atoms with Gasteiger partial charge in [-0.1, -0.05) is 23.7 Å². The van der Waals surface area contributed by atoms with Crippen LogP contribution in [0.25, 0.3) is 22.0 Å². The van der Waals surface area contributed by atoms with Crippen LogP contribution in [0.2, 0.25) is 5.02 Å². The highest BCUT2D eigenvalue weighted by molar-refractivity contribution is 6.32. The Hall–Kier alpha value is -2.66. The number of nitrogens with zero attached hydrogens (tertiary/aromatic N) is 1. The molecule has 0 radical (unpaired) electrons. The van der Waals surface area contributed by atoms with E-state index in [1.54, 1.807) is 43.5 Å². The molecule has 24 heavy (non-hydrogen) atoms. The van der Waals surface area contributed by atoms with Crippen molar-refractivity contribution in [1.82, 2.24) is 4.98 Å². The number of anilines is 1. The number of halogens is 1. The van der Waals surface area contributed by atoms with Crippen LogP contribution in [0.3, 0.4) is 0 Å². The molecule has 0 atom stereocenters. The van der Waals surface area contributed by atoms with E-state index in [0.29, 0.717) is 27.2 Å². The fourth-order valence-electron chi connectivity index (χ4n) is 2.76. The molecule has 0 spiro atoms. The number of pyridine rings is 1. The second-order valence-electron chi connectivity index (χ2n) is 5.65. The molecule has 2 aromatic carbocycles. The van der Waals surface area contributed by atoms with Crippen LogP contribution in [-0.4, -0.2) is 31.3 Å². The summed E-state index contributed by atoms with van der Waals surface area (Å²) in [6.07, 6.45) is 0. The largest absolute Gasteiger partial charge is 0.506 e. The van der Waals surface area contributed by atoms with Crippen molar-refractivity contribution in [2.45, 2.75) is 0 Å². The second kappa shape index (κ2) is 6.09. The Bertz CT molecular complexity index is 980. The van der Waals surface area contributed by atoms with Gasteiger partial charge < -0.3 is 19.7 Å². The molecule has 0 unspecified atom stereocenters. The number of nitrogens with one attached hydrogen (secondary N) is 1. The third kappa shape index (κ3) is 2.67. The Morgan fingerprint density at radius 2 is 1.96 bits per heavy atom. The number of methoxy groups -OCH3 is 1. The van der Waals surface area contributed by atoms with Crippen molar-refractivity contribution in [3.8, 4) is 22.6 Å². The fourth-order valence-corrected chi connectivity index (χ4v) is 2.97. The van der Waals surface area contributed by atoms with Crippen molar-refractivity contribution in [2.75, 3.05) is 26.1 Å². The van der Waals surface area contributed by atoms with Gasteiger partial charge in [0, 0.05) is 19.1 Å². The molecule has 2 N–H and O–H groups in total. The number of hydrogen-bond acceptors (Lipinski definition) is 4. The molecular formula is C18H17ClN2O3. The highest BCUT2D eigenvalue weighted by Crippen LogP contribution is 2.39. The van der Waals surface area contributed by atoms with E-state index in [9.17, 15) is 9.90 Å². The van der Waals surface area contributed by atoms with Crippen molar-refractivity contribution in [3.63, 3.8) is 0 Å². The van der Waals surface area contributed by atoms with Crippen molar-refractivity contribution in [1.29, 1.82) is 0 Å². The first-order valence-electron chi connectivity index (χ1n) is 7.32. The van der Waals surface area contributed by atoms with Crippen LogP contribution in [-0.2, 0) is 0 Å². The zero-order valence-electron chi connectivity index (χ0n) is 13.6. The van der Waals surface area contributed by atoms with E-state index in [1.165, 1.54) is 0 Å². The van der Waals surface area contributed by atoms with Crippen molar-refractivity contribution in [3.05, 3.63) is 51.8 Å². The topological polar surface area (TPSA) is 65.6 Å². The smallest absolute Gasteiger partial charge is 0.260 e. The normalized spacial score (nSPS) is 10.8. The lowest BCUT2D eigenvalue weighted by Gasteiger charge is -2.18. The molecule has 0 aliphatic heterocycles. The lowest BCUT2D eigenvalue weighted by atomic mass is 10.0. The average Bonchev–Trinajstić information content (AvgIpc) is 2.53. The molecule has 1 aromatic heterocycles. The number of rotatable bonds is 3. The lowest BCUT2D eigenvalue weighted by molar-refractivity contribution is 0.415. The van der Waals surface area contributed by atoms with Crippen molar-refractivity contribution >= 4 is 28.2 Å². The van der Waals surface area contributed by atoms with Gasteiger partial charge in [-0.3, -0.25) is 4.79 Å². The molecule has 0 saturated carbocycles. The Balaban J connectivity index is 2.40. The maximum Gasteiger partial charge on any atom is 0.260 e. The Morgan fingerprint density at radius 3 is 2.62 bits per heavy atom. The number of fused-ring (bicyclic) bond motifs is 1. The SMILES string of the molecule is COc1cccc(-c2c(O)c3c(N(C)C)cc(Cl)cc3[nH]c2=O)c1. The van der Waals surface area contributed by atoms with E-state index in [0.717, 1.165) is 5.69 Å². The molecule has 6 heteroatoms. The summed E-state index contributed by atoms with van der Waals surface area (Å²) in [6.45, 7) is 0. The third-order valence-electron chi connectivity index (χ3n) is 3.87. The maximum absolute atomic E-state index is 12.5. The Labute approximate surface area is 144 Å². The molecule has 124 valence electrons. The van der Waals surface area contributed by atoms with Crippen LogP contribution < -0.4 is 15.2 Å². The summed E-state index contributed by atoms with van der Waals surface area (Å²) in [5, 5.41) is 11.9. The second-order valence-corrected chi connectivity index (χ2v) is 6.09. The van der Waals surface area contributed by atoms with Gasteiger partial charge in [0.1, 0.15) is 11.5 Å². The van der Waals surface area contributed by atoms with Gasteiger partial charge in [0.05, 0.1) is 29.3 Å². The minimum absolute atomic E-state index is 0.0811. The van der Waals surface area contributed by atoms with Crippen LogP contribution in [0.5, 0.6) is 11.5 Å². The first kappa shape index (κ1) is 16.2. The molecule has 0 fully saturated rings. The predicted molar refractivity (Wildman–Crippen MR) is 97.6 cm³/mol. The van der Waals surface area contributed by atoms with E-state index < -0.39 is 0 Å². The quantitative estimate of drug-likeness (QED) is 0.761. The summed E-state index contributed by atoms with van der Waals surface area (Å²) < 4.78 is 5.20. The molecule has 1 heterocycles. The van der Waals surface area contributed by atoms with Crippen LogP contribution in [0.15, 0.2) is 41.2 Å². The van der Waals surface area contributed by atoms with Gasteiger partial charge in [-0.15, -0.1) is 0 Å². The van der Waals surface area contributed by atoms with E-state index in [-0.39, 0.29) is 16.9 Å². The molecule has 0 bridgehead atoms. The van der Waals surface area contributed by atoms with E-state index in [2.05, 4.69) is 4.98 Å². The fraction of sp³-hybridized carbons (Fsp3) is 0.167. The van der Waals surface area contributed by atoms with Gasteiger partial charge in [-0.2, -0.15) is 0 Å². The summed E-state index contributed by atoms with van der Waals surface area (Å²) in [7, 11) is 5.25. The molecule has 3 aromatic rings. The van der Waals surface area contributed by atoms with Gasteiger partial charge in [-0.05, 0) is 29.8 Å². The van der Waals surface area contributed by atoms with E-state index >= 15 is 0 Å². The minimum atomic E-state index is -0.389. The van der Waals surface area contributed by atoms with Gasteiger partial charge in [0.25, 0.3) is 5.56 Å². The molecule has 0 saturated heterocycles. The van der Waals surface area contributed by atoms with Crippen molar-refractivity contribution < 1.29 is 9.84 Å². The molecule has 3 rings (SSSR count). The van der Waals surface area contributed by atoms with Gasteiger partial charge >= 0.3 is 0 Å². The van der Waals surface area contributed by atoms with E-state index in [1.807, 2.05) is 19.0 Å². The molecule has 0 amide bonds. The third-order valence-corrected chi connectivity index (χ3v) is 4.09. The molecular weight excluding hydrogens is 328 g/mol. The van der Waals surface area contributed by atoms with Crippen LogP contribution in [0.4, 0.5) is 5.69 Å². The summed E-state index contributed by atoms with van der Waals surface area (Å²) in [5.74, 6) is 0.526. The molecule has 0 aliphatic rings. The number of aromatic nitrogens is 1. The highest BCUT2D eigenvalue weighted by Gasteiger charge is 2.18. The first-order valence-corrected chi connectivity index (χ1v) is 7.70. The number of ether oxygens (including phenoxy) is 1. The molecule has 0 aliphatic carbocycles. The van der Waals surface area contributed by atoms with Crippen LogP contribution in [0, 0.1) is 0 Å². The van der Waals surface area contributed by atoms with Crippen LogP contribution >= 0.6 is 11.6 Å². The monoisotopic (exact) mass is 344 g/mol. The van der Waals surface area contributed by atoms with Gasteiger partial charge in [-0.25, -0.2) is 0 Å². The van der Waals surface area contributed by atoms with Gasteiger partial charge in [0.2, 0.25) is 0 Å². The number of aromatic hydroxyl groups is 1. The summed E-state index contributed by atoms with van der Waals surface area (Å²) >= 11 is 6.12. The summed E-state index contributed by atoms with van der Waals surface area (Å²) in [5.41, 5.74) is 1.59. The Kier molecular flexibility index (Phi) is 4.11. The predicted octanol–water partition coefficient (Wildman–Crippen LogP) is 3.63. The molecule has 5 nitrogen and oxygen atoms in total. The summed E-state index contributed by atoms with van der Waals surface area (Å²) in [6, 6.07) is 10.4. The minimum Gasteiger partial charge on any atom is -0.506 e. The summed E-state index contributed by atoms with van der Waals surface area (Å²) in [4.78, 5) is 17.2. The lowest BCUT2D eigenvalue weighted by Crippen LogP contribution is -2.13. The average molecular weight is 345 g/mol. The van der Waals surface area contributed by atoms with Gasteiger partial charge in [0.15, 0.2) is 0 Å². The number of benzene rings is 2. The zero-order valence-corrected chi connectivity index (χ0v) is 14.3. The number of aromatic amines is 1. The number of hydrogen-bond donors (Lipinski definition) is 2. The standard InChI is InChI=1S/C18H17ClN2O3/c1-21(2)14-9-11(19)8-13-16(14)17(22)15(18(23)20-13)10-5-4-6-12(7-10)24-3/h4-9H,1-3H3,(H2,20,22,23). The zero-order chi connectivity index (χ0) is 17.4. The van der Waals surface area contributed by atoms with Crippen LogP contribution in [0.1, 0.15) is 0 Å². The number of H-pyrrole nitrogens is 1. The van der Waals surface area contributed by atoms with Crippen molar-refractivity contribution in [2.24, 2.45) is 0 Å². The maximum atomic E-state index is 12.5. The van der Waals surface area contributed by atoms with E-state index in [4.69, 9.17) is 16.3 Å².